The summed E-state index contributed by atoms with van der Waals surface area (Å²) in [5, 5.41) is 15.7. The molecule has 0 heterocycles. The number of amides is 2. The largest absolute Gasteiger partial charge is 0.389 e. The molecule has 1 aliphatic rings. The highest BCUT2D eigenvalue weighted by atomic mass is 16.3. The van der Waals surface area contributed by atoms with E-state index >= 15 is 0 Å². The van der Waals surface area contributed by atoms with Gasteiger partial charge in [-0.25, -0.2) is 0 Å². The third-order valence-corrected chi connectivity index (χ3v) is 4.04. The zero-order valence-electron chi connectivity index (χ0n) is 13.0. The summed E-state index contributed by atoms with van der Waals surface area (Å²) in [6.45, 7) is 2.67. The molecule has 0 bridgehead atoms. The van der Waals surface area contributed by atoms with Crippen LogP contribution in [0.2, 0.25) is 0 Å². The van der Waals surface area contributed by atoms with Crippen molar-refractivity contribution in [2.45, 2.75) is 44.6 Å². The third kappa shape index (κ3) is 4.84. The van der Waals surface area contributed by atoms with Crippen LogP contribution in [0.3, 0.4) is 0 Å². The zero-order chi connectivity index (χ0) is 16.0. The maximum Gasteiger partial charge on any atom is 0.251 e. The average Bonchev–Trinajstić information content (AvgIpc) is 2.89. The number of carbonyl (C=O) groups excluding carboxylic acids is 2. The van der Waals surface area contributed by atoms with Gasteiger partial charge in [-0.05, 0) is 31.9 Å². The van der Waals surface area contributed by atoms with E-state index in [0.29, 0.717) is 31.5 Å². The topological polar surface area (TPSA) is 78.4 Å². The van der Waals surface area contributed by atoms with Crippen molar-refractivity contribution in [3.8, 4) is 0 Å². The molecule has 1 aliphatic carbocycles. The summed E-state index contributed by atoms with van der Waals surface area (Å²) in [5.74, 6) is -0.304. The molecule has 2 amide bonds. The molecule has 0 atom stereocenters. The van der Waals surface area contributed by atoms with Gasteiger partial charge in [-0.2, -0.15) is 0 Å². The molecular weight excluding hydrogens is 280 g/mol. The predicted octanol–water partition coefficient (Wildman–Crippen LogP) is 1.54. The van der Waals surface area contributed by atoms with Gasteiger partial charge in [-0.3, -0.25) is 9.59 Å². The fourth-order valence-electron chi connectivity index (χ4n) is 2.84. The average molecular weight is 304 g/mol. The van der Waals surface area contributed by atoms with Crippen LogP contribution in [0.25, 0.3) is 0 Å². The number of hydrogen-bond donors (Lipinski definition) is 3. The van der Waals surface area contributed by atoms with Crippen molar-refractivity contribution in [1.29, 1.82) is 0 Å². The van der Waals surface area contributed by atoms with Gasteiger partial charge in [0.25, 0.3) is 5.91 Å². The Morgan fingerprint density at radius 3 is 2.55 bits per heavy atom. The Morgan fingerprint density at radius 1 is 1.18 bits per heavy atom. The molecule has 0 aliphatic heterocycles. The lowest BCUT2D eigenvalue weighted by atomic mass is 9.98. The van der Waals surface area contributed by atoms with Gasteiger partial charge in [-0.15, -0.1) is 0 Å². The first-order valence-electron chi connectivity index (χ1n) is 7.82. The second-order valence-electron chi connectivity index (χ2n) is 6.08. The van der Waals surface area contributed by atoms with Crippen LogP contribution in [0, 0.1) is 6.92 Å². The highest BCUT2D eigenvalue weighted by Gasteiger charge is 2.33. The van der Waals surface area contributed by atoms with E-state index in [4.69, 9.17) is 0 Å². The second kappa shape index (κ2) is 7.40. The molecule has 3 N–H and O–H groups in total. The standard InChI is InChI=1S/C17H24N2O3/c1-13-5-4-6-14(11-13)16(21)19-10-9-18-15(20)12-17(22)7-2-3-8-17/h4-6,11,22H,2-3,7-10,12H2,1H3,(H,18,20)(H,19,21). The van der Waals surface area contributed by atoms with Gasteiger partial charge < -0.3 is 15.7 Å². The van der Waals surface area contributed by atoms with Crippen LogP contribution in [0.4, 0.5) is 0 Å². The van der Waals surface area contributed by atoms with E-state index in [1.807, 2.05) is 25.1 Å². The summed E-state index contributed by atoms with van der Waals surface area (Å²) in [7, 11) is 0. The summed E-state index contributed by atoms with van der Waals surface area (Å²) in [6, 6.07) is 7.36. The highest BCUT2D eigenvalue weighted by molar-refractivity contribution is 5.94. The quantitative estimate of drug-likeness (QED) is 0.698. The molecule has 22 heavy (non-hydrogen) atoms. The number of nitrogens with one attached hydrogen (secondary N) is 2. The van der Waals surface area contributed by atoms with E-state index < -0.39 is 5.60 Å². The van der Waals surface area contributed by atoms with Crippen molar-refractivity contribution in [2.24, 2.45) is 0 Å². The minimum atomic E-state index is -0.825. The molecule has 0 spiro atoms. The monoisotopic (exact) mass is 304 g/mol. The molecular formula is C17H24N2O3. The second-order valence-corrected chi connectivity index (χ2v) is 6.08. The van der Waals surface area contributed by atoms with Crippen LogP contribution >= 0.6 is 0 Å². The lowest BCUT2D eigenvalue weighted by Gasteiger charge is -2.21. The summed E-state index contributed by atoms with van der Waals surface area (Å²) >= 11 is 0. The lowest BCUT2D eigenvalue weighted by molar-refractivity contribution is -0.125. The number of aryl methyl sites for hydroxylation is 1. The Labute approximate surface area is 131 Å². The van der Waals surface area contributed by atoms with Crippen LogP contribution in [-0.2, 0) is 4.79 Å². The van der Waals surface area contributed by atoms with Crippen molar-refractivity contribution < 1.29 is 14.7 Å². The minimum Gasteiger partial charge on any atom is -0.389 e. The first kappa shape index (κ1) is 16.5. The number of aliphatic hydroxyl groups is 1. The predicted molar refractivity (Wildman–Crippen MR) is 84.6 cm³/mol. The normalized spacial score (nSPS) is 16.3. The molecule has 0 radical (unpaired) electrons. The molecule has 0 aromatic heterocycles. The van der Waals surface area contributed by atoms with E-state index in [0.717, 1.165) is 18.4 Å². The van der Waals surface area contributed by atoms with Gasteiger partial charge >= 0.3 is 0 Å². The smallest absolute Gasteiger partial charge is 0.251 e. The van der Waals surface area contributed by atoms with Crippen LogP contribution in [0.1, 0.15) is 48.0 Å². The fraction of sp³-hybridized carbons (Fsp3) is 0.529. The number of hydrogen-bond acceptors (Lipinski definition) is 3. The van der Waals surface area contributed by atoms with Gasteiger partial charge in [0.05, 0.1) is 12.0 Å². The van der Waals surface area contributed by atoms with Crippen molar-refractivity contribution >= 4 is 11.8 Å². The first-order chi connectivity index (χ1) is 10.5. The molecule has 0 saturated heterocycles. The van der Waals surface area contributed by atoms with Gasteiger partial charge in [0, 0.05) is 18.7 Å². The van der Waals surface area contributed by atoms with Gasteiger partial charge in [-0.1, -0.05) is 30.5 Å². The van der Waals surface area contributed by atoms with Crippen LogP contribution in [0.15, 0.2) is 24.3 Å². The summed E-state index contributed by atoms with van der Waals surface area (Å²) in [6.07, 6.45) is 3.51. The maximum atomic E-state index is 11.9. The third-order valence-electron chi connectivity index (χ3n) is 4.04. The molecule has 1 fully saturated rings. The molecule has 0 unspecified atom stereocenters. The molecule has 1 saturated carbocycles. The van der Waals surface area contributed by atoms with E-state index in [-0.39, 0.29) is 18.2 Å². The summed E-state index contributed by atoms with van der Waals surface area (Å²) in [4.78, 5) is 23.7. The number of benzene rings is 1. The summed E-state index contributed by atoms with van der Waals surface area (Å²) in [5.41, 5.74) is 0.826. The zero-order valence-corrected chi connectivity index (χ0v) is 13.0. The molecule has 120 valence electrons. The molecule has 5 nitrogen and oxygen atoms in total. The van der Waals surface area contributed by atoms with Crippen LogP contribution in [0.5, 0.6) is 0 Å². The fourth-order valence-corrected chi connectivity index (χ4v) is 2.84. The van der Waals surface area contributed by atoms with E-state index in [2.05, 4.69) is 10.6 Å². The van der Waals surface area contributed by atoms with Gasteiger partial charge in [0.15, 0.2) is 0 Å². The Bertz CT molecular complexity index is 536. The molecule has 5 heteroatoms. The van der Waals surface area contributed by atoms with Crippen molar-refractivity contribution in [1.82, 2.24) is 10.6 Å². The van der Waals surface area contributed by atoms with Crippen molar-refractivity contribution in [2.75, 3.05) is 13.1 Å². The Morgan fingerprint density at radius 2 is 1.86 bits per heavy atom. The van der Waals surface area contributed by atoms with E-state index in [1.165, 1.54) is 0 Å². The molecule has 1 aromatic rings. The Kier molecular flexibility index (Phi) is 5.55. The molecule has 2 rings (SSSR count). The van der Waals surface area contributed by atoms with Gasteiger partial charge in [0.1, 0.15) is 0 Å². The minimum absolute atomic E-state index is 0.146. The highest BCUT2D eigenvalue weighted by Crippen LogP contribution is 2.32. The Balaban J connectivity index is 1.66. The Hall–Kier alpha value is -1.88. The number of carbonyl (C=O) groups is 2. The molecule has 1 aromatic carbocycles. The van der Waals surface area contributed by atoms with Crippen molar-refractivity contribution in [3.05, 3.63) is 35.4 Å². The first-order valence-corrected chi connectivity index (χ1v) is 7.82. The van der Waals surface area contributed by atoms with Gasteiger partial charge in [0.2, 0.25) is 5.91 Å². The lowest BCUT2D eigenvalue weighted by Crippen LogP contribution is -2.38. The van der Waals surface area contributed by atoms with E-state index in [1.54, 1.807) is 6.07 Å². The van der Waals surface area contributed by atoms with Crippen molar-refractivity contribution in [3.63, 3.8) is 0 Å². The van der Waals surface area contributed by atoms with E-state index in [9.17, 15) is 14.7 Å². The maximum absolute atomic E-state index is 11.9. The van der Waals surface area contributed by atoms with Crippen LogP contribution < -0.4 is 10.6 Å². The summed E-state index contributed by atoms with van der Waals surface area (Å²) < 4.78 is 0. The SMILES string of the molecule is Cc1cccc(C(=O)NCCNC(=O)CC2(O)CCCC2)c1. The number of rotatable bonds is 6. The van der Waals surface area contributed by atoms with Crippen LogP contribution in [-0.4, -0.2) is 35.6 Å².